The summed E-state index contributed by atoms with van der Waals surface area (Å²) >= 11 is 0. The molecular formula is C43H79NO13. The summed E-state index contributed by atoms with van der Waals surface area (Å²) in [6.07, 6.45) is 16.5. The summed E-state index contributed by atoms with van der Waals surface area (Å²) in [5.74, 6) is -0.338. The Morgan fingerprint density at radius 3 is 1.65 bits per heavy atom. The average molecular weight is 818 g/mol. The molecule has 12 atom stereocenters. The number of rotatable bonds is 32. The van der Waals surface area contributed by atoms with Crippen LogP contribution in [0.1, 0.15) is 149 Å². The first-order valence-electron chi connectivity index (χ1n) is 22.1. The van der Waals surface area contributed by atoms with E-state index < -0.39 is 86.8 Å². The van der Waals surface area contributed by atoms with Crippen molar-refractivity contribution in [1.29, 1.82) is 0 Å². The fourth-order valence-electron chi connectivity index (χ4n) is 7.21. The number of nitrogens with one attached hydrogen (secondary N) is 1. The number of unbranched alkanes of at least 4 members (excludes halogenated alkanes) is 18. The molecule has 0 aromatic heterocycles. The van der Waals surface area contributed by atoms with Crippen LogP contribution in [0.15, 0.2) is 24.3 Å². The third-order valence-electron chi connectivity index (χ3n) is 11.0. The first-order chi connectivity index (χ1) is 27.6. The van der Waals surface area contributed by atoms with Crippen molar-refractivity contribution in [3.8, 4) is 0 Å². The van der Waals surface area contributed by atoms with Gasteiger partial charge in [-0.15, -0.1) is 0 Å². The van der Waals surface area contributed by atoms with E-state index in [1.54, 1.807) is 13.0 Å². The molecule has 14 nitrogen and oxygen atoms in total. The van der Waals surface area contributed by atoms with Gasteiger partial charge in [0.15, 0.2) is 12.6 Å². The number of carbonyl (C=O) groups is 1. The topological polar surface area (TPSA) is 228 Å². The lowest BCUT2D eigenvalue weighted by Gasteiger charge is -2.46. The van der Waals surface area contributed by atoms with Crippen molar-refractivity contribution in [3.05, 3.63) is 24.3 Å². The molecule has 0 aromatic carbocycles. The Labute approximate surface area is 341 Å². The van der Waals surface area contributed by atoms with Crippen molar-refractivity contribution >= 4 is 5.91 Å². The summed E-state index contributed by atoms with van der Waals surface area (Å²) in [6.45, 7) is 2.19. The van der Waals surface area contributed by atoms with Gasteiger partial charge in [-0.2, -0.15) is 0 Å². The Morgan fingerprint density at radius 1 is 0.614 bits per heavy atom. The maximum Gasteiger partial charge on any atom is 0.220 e. The highest BCUT2D eigenvalue weighted by molar-refractivity contribution is 5.75. The fourth-order valence-corrected chi connectivity index (χ4v) is 7.21. The highest BCUT2D eigenvalue weighted by Gasteiger charge is 2.50. The molecule has 14 heteroatoms. The van der Waals surface area contributed by atoms with E-state index in [0.717, 1.165) is 12.8 Å². The number of carbonyl (C=O) groups excluding carboxylic acids is 1. The molecule has 57 heavy (non-hydrogen) atoms. The van der Waals surface area contributed by atoms with Crippen molar-refractivity contribution in [3.63, 3.8) is 0 Å². The maximum absolute atomic E-state index is 12.3. The Kier molecular flexibility index (Phi) is 28.4. The number of aliphatic hydroxyl groups excluding tert-OH is 8. The molecule has 9 N–H and O–H groups in total. The van der Waals surface area contributed by atoms with E-state index in [2.05, 4.69) is 24.4 Å². The highest BCUT2D eigenvalue weighted by Crippen LogP contribution is 2.30. The quantitative estimate of drug-likeness (QED) is 0.0348. The zero-order valence-electron chi connectivity index (χ0n) is 34.8. The standard InChI is InChI=1S/C43H79NO13/c1-3-5-6-7-8-9-10-11-12-13-14-15-16-17-18-19-20-21-22-23-24-25-26-27-32(47)31(44-35(48)4-2)30-54-42-40(53)38(51)41(34(29-46)56-42)57-43-39(52)37(50)36(49)33(28-45)55-43/h22-23,26-27,31-34,36-43,45-47,49-53H,3-21,24-25,28-30H2,1-2H3,(H,44,48)/b23-22+,27-26+. The van der Waals surface area contributed by atoms with Crippen LogP contribution in [0, 0.1) is 0 Å². The normalized spacial score (nSPS) is 29.3. The van der Waals surface area contributed by atoms with Gasteiger partial charge in [0.1, 0.15) is 48.8 Å². The molecule has 0 aliphatic carbocycles. The van der Waals surface area contributed by atoms with Crippen LogP contribution in [-0.2, 0) is 23.7 Å². The lowest BCUT2D eigenvalue weighted by Crippen LogP contribution is -2.65. The van der Waals surface area contributed by atoms with Crippen LogP contribution in [0.2, 0.25) is 0 Å². The molecule has 0 saturated carbocycles. The van der Waals surface area contributed by atoms with E-state index in [9.17, 15) is 45.6 Å². The summed E-state index contributed by atoms with van der Waals surface area (Å²) < 4.78 is 22.3. The second-order valence-electron chi connectivity index (χ2n) is 15.8. The van der Waals surface area contributed by atoms with Gasteiger partial charge in [-0.3, -0.25) is 4.79 Å². The second-order valence-corrected chi connectivity index (χ2v) is 15.8. The van der Waals surface area contributed by atoms with Gasteiger partial charge < -0.3 is 65.1 Å². The van der Waals surface area contributed by atoms with Crippen LogP contribution in [-0.4, -0.2) is 140 Å². The maximum atomic E-state index is 12.3. The van der Waals surface area contributed by atoms with Gasteiger partial charge in [-0.25, -0.2) is 0 Å². The largest absolute Gasteiger partial charge is 0.394 e. The van der Waals surface area contributed by atoms with E-state index in [4.69, 9.17) is 18.9 Å². The van der Waals surface area contributed by atoms with Crippen LogP contribution < -0.4 is 5.32 Å². The SMILES string of the molecule is CCCCCCCCCCCCCCCCCCC/C=C/CC/C=C/C(O)C(COC1OC(CO)C(OC2OC(CO)C(O)C(O)C2O)C(O)C1O)NC(=O)CC. The molecular weight excluding hydrogens is 738 g/mol. The van der Waals surface area contributed by atoms with Gasteiger partial charge in [-0.05, 0) is 25.7 Å². The van der Waals surface area contributed by atoms with Gasteiger partial charge in [-0.1, -0.05) is 141 Å². The smallest absolute Gasteiger partial charge is 0.220 e. The zero-order chi connectivity index (χ0) is 41.8. The van der Waals surface area contributed by atoms with Gasteiger partial charge >= 0.3 is 0 Å². The lowest BCUT2D eigenvalue weighted by atomic mass is 9.97. The summed E-state index contributed by atoms with van der Waals surface area (Å²) in [5, 5.41) is 85.2. The number of hydrogen-bond donors (Lipinski definition) is 9. The van der Waals surface area contributed by atoms with Crippen LogP contribution >= 0.6 is 0 Å². The molecule has 0 spiro atoms. The van der Waals surface area contributed by atoms with E-state index in [0.29, 0.717) is 6.42 Å². The molecule has 2 saturated heterocycles. The van der Waals surface area contributed by atoms with E-state index in [-0.39, 0.29) is 18.9 Å². The molecule has 2 fully saturated rings. The van der Waals surface area contributed by atoms with E-state index >= 15 is 0 Å². The average Bonchev–Trinajstić information content (AvgIpc) is 3.21. The van der Waals surface area contributed by atoms with Gasteiger partial charge in [0.2, 0.25) is 5.91 Å². The number of amides is 1. The van der Waals surface area contributed by atoms with Crippen molar-refractivity contribution < 1.29 is 64.6 Å². The molecule has 2 aliphatic rings. The van der Waals surface area contributed by atoms with Gasteiger partial charge in [0.25, 0.3) is 0 Å². The van der Waals surface area contributed by atoms with Crippen LogP contribution in [0.4, 0.5) is 0 Å². The van der Waals surface area contributed by atoms with Gasteiger partial charge in [0.05, 0.1) is 32.0 Å². The Balaban J connectivity index is 1.65. The minimum atomic E-state index is -1.78. The monoisotopic (exact) mass is 818 g/mol. The van der Waals surface area contributed by atoms with Gasteiger partial charge in [0, 0.05) is 6.42 Å². The Morgan fingerprint density at radius 2 is 1.11 bits per heavy atom. The van der Waals surface area contributed by atoms with E-state index in [1.165, 1.54) is 109 Å². The Hall–Kier alpha value is -1.53. The highest BCUT2D eigenvalue weighted by atomic mass is 16.7. The summed E-state index contributed by atoms with van der Waals surface area (Å²) in [6, 6.07) is -0.924. The zero-order valence-corrected chi connectivity index (χ0v) is 34.8. The minimum absolute atomic E-state index is 0.155. The van der Waals surface area contributed by atoms with Crippen molar-refractivity contribution in [2.24, 2.45) is 0 Å². The number of allylic oxidation sites excluding steroid dienone is 3. The van der Waals surface area contributed by atoms with Crippen LogP contribution in [0.5, 0.6) is 0 Å². The first kappa shape index (κ1) is 51.6. The minimum Gasteiger partial charge on any atom is -0.394 e. The fraction of sp³-hybridized carbons (Fsp3) is 0.884. The summed E-state index contributed by atoms with van der Waals surface area (Å²) in [7, 11) is 0. The molecule has 2 heterocycles. The second kappa shape index (κ2) is 31.4. The first-order valence-corrected chi connectivity index (χ1v) is 22.1. The van der Waals surface area contributed by atoms with Crippen LogP contribution in [0.25, 0.3) is 0 Å². The molecule has 2 rings (SSSR count). The summed E-state index contributed by atoms with van der Waals surface area (Å²) in [5.41, 5.74) is 0. The third kappa shape index (κ3) is 20.1. The lowest BCUT2D eigenvalue weighted by molar-refractivity contribution is -0.359. The third-order valence-corrected chi connectivity index (χ3v) is 11.0. The molecule has 0 radical (unpaired) electrons. The molecule has 1 amide bonds. The number of ether oxygens (including phenoxy) is 4. The molecule has 334 valence electrons. The van der Waals surface area contributed by atoms with Crippen molar-refractivity contribution in [2.75, 3.05) is 19.8 Å². The predicted octanol–water partition coefficient (Wildman–Crippen LogP) is 3.82. The van der Waals surface area contributed by atoms with Crippen molar-refractivity contribution in [2.45, 2.75) is 222 Å². The molecule has 0 aromatic rings. The number of aliphatic hydroxyl groups is 8. The molecule has 12 unspecified atom stereocenters. The predicted molar refractivity (Wildman–Crippen MR) is 217 cm³/mol. The Bertz CT molecular complexity index is 1060. The molecule has 0 bridgehead atoms. The molecule has 2 aliphatic heterocycles. The van der Waals surface area contributed by atoms with E-state index in [1.807, 2.05) is 6.08 Å². The number of hydrogen-bond acceptors (Lipinski definition) is 13. The van der Waals surface area contributed by atoms with Crippen LogP contribution in [0.3, 0.4) is 0 Å². The van der Waals surface area contributed by atoms with Crippen molar-refractivity contribution in [1.82, 2.24) is 5.32 Å². The summed E-state index contributed by atoms with van der Waals surface area (Å²) in [4.78, 5) is 12.3.